The van der Waals surface area contributed by atoms with Gasteiger partial charge in [0.1, 0.15) is 0 Å². The zero-order valence-electron chi connectivity index (χ0n) is 17.8. The summed E-state index contributed by atoms with van der Waals surface area (Å²) in [7, 11) is 0. The van der Waals surface area contributed by atoms with Gasteiger partial charge in [-0.2, -0.15) is 0 Å². The summed E-state index contributed by atoms with van der Waals surface area (Å²) in [6.45, 7) is 17.4. The number of carbonyl (C=O) groups is 4. The fraction of sp³-hybridized carbons (Fsp3) is 0.680. The topological polar surface area (TPSA) is 133 Å². The Kier molecular flexibility index (Phi) is 50.0. The highest BCUT2D eigenvalue weighted by Crippen LogP contribution is 2.16. The van der Waals surface area contributed by atoms with Crippen LogP contribution < -0.4 is 10.6 Å². The summed E-state index contributed by atoms with van der Waals surface area (Å²) in [6.07, 6.45) is 3.07. The molecule has 2 unspecified atom stereocenters. The van der Waals surface area contributed by atoms with Crippen molar-refractivity contribution in [2.45, 2.75) is 104 Å². The van der Waals surface area contributed by atoms with Crippen LogP contribution in [-0.4, -0.2) is 46.0 Å². The predicted molar refractivity (Wildman–Crippen MR) is 143 cm³/mol. The van der Waals surface area contributed by atoms with E-state index in [0.717, 1.165) is 6.08 Å². The minimum absolute atomic E-state index is 0. The van der Waals surface area contributed by atoms with Gasteiger partial charge in [0.05, 0.1) is 5.92 Å². The van der Waals surface area contributed by atoms with Gasteiger partial charge in [-0.3, -0.25) is 14.4 Å². The SMILES string of the molecule is C.C.C.C.C.C=CC(=O)NC(C)C.C=CC(=O)O.CCC(CC(C)C(=O)NC(C)C)C(=O)O. The van der Waals surface area contributed by atoms with Crippen molar-refractivity contribution in [2.24, 2.45) is 11.8 Å². The van der Waals surface area contributed by atoms with Gasteiger partial charge in [-0.05, 0) is 46.6 Å². The van der Waals surface area contributed by atoms with Crippen LogP contribution in [0.25, 0.3) is 0 Å². The lowest BCUT2D eigenvalue weighted by molar-refractivity contribution is -0.142. The molecule has 0 fully saturated rings. The van der Waals surface area contributed by atoms with Gasteiger partial charge in [0.25, 0.3) is 0 Å². The maximum Gasteiger partial charge on any atom is 0.327 e. The van der Waals surface area contributed by atoms with E-state index in [0.29, 0.717) is 12.8 Å². The second-order valence-corrected chi connectivity index (χ2v) is 6.65. The lowest BCUT2D eigenvalue weighted by atomic mass is 9.93. The van der Waals surface area contributed by atoms with Gasteiger partial charge in [-0.15, -0.1) is 0 Å². The highest BCUT2D eigenvalue weighted by Gasteiger charge is 2.22. The van der Waals surface area contributed by atoms with Crippen LogP contribution in [0.5, 0.6) is 0 Å². The third kappa shape index (κ3) is 40.3. The molecule has 0 aromatic rings. The molecule has 202 valence electrons. The largest absolute Gasteiger partial charge is 0.481 e. The summed E-state index contributed by atoms with van der Waals surface area (Å²) < 4.78 is 0. The van der Waals surface area contributed by atoms with E-state index >= 15 is 0 Å². The first kappa shape index (κ1) is 52.3. The Morgan fingerprint density at radius 2 is 1.15 bits per heavy atom. The van der Waals surface area contributed by atoms with Gasteiger partial charge >= 0.3 is 11.9 Å². The quantitative estimate of drug-likeness (QED) is 0.309. The third-order valence-corrected chi connectivity index (χ3v) is 3.15. The second-order valence-electron chi connectivity index (χ2n) is 6.65. The third-order valence-electron chi connectivity index (χ3n) is 3.15. The van der Waals surface area contributed by atoms with Crippen molar-refractivity contribution < 1.29 is 29.4 Å². The van der Waals surface area contributed by atoms with Crippen molar-refractivity contribution in [2.75, 3.05) is 0 Å². The Balaban J connectivity index is -0.0000000500. The average molecular weight is 481 g/mol. The lowest BCUT2D eigenvalue weighted by Crippen LogP contribution is -2.35. The molecule has 0 aliphatic carbocycles. The molecule has 4 N–H and O–H groups in total. The minimum atomic E-state index is -0.981. The summed E-state index contributed by atoms with van der Waals surface area (Å²) in [5.74, 6) is -2.64. The normalized spacial score (nSPS) is 9.82. The van der Waals surface area contributed by atoms with Gasteiger partial charge in [0.2, 0.25) is 11.8 Å². The summed E-state index contributed by atoms with van der Waals surface area (Å²) in [4.78, 5) is 41.9. The molecule has 33 heavy (non-hydrogen) atoms. The molecule has 0 aliphatic rings. The van der Waals surface area contributed by atoms with E-state index in [4.69, 9.17) is 10.2 Å². The van der Waals surface area contributed by atoms with Crippen LogP contribution in [0.15, 0.2) is 25.3 Å². The summed E-state index contributed by atoms with van der Waals surface area (Å²) in [5.41, 5.74) is 0. The Bertz CT molecular complexity index is 517. The van der Waals surface area contributed by atoms with Gasteiger partial charge < -0.3 is 20.8 Å². The first-order valence-corrected chi connectivity index (χ1v) is 9.13. The van der Waals surface area contributed by atoms with E-state index in [2.05, 4.69) is 23.8 Å². The highest BCUT2D eigenvalue weighted by molar-refractivity contribution is 5.87. The molecule has 0 bridgehead atoms. The van der Waals surface area contributed by atoms with Gasteiger partial charge in [0.15, 0.2) is 0 Å². The number of aliphatic carboxylic acids is 2. The number of rotatable bonds is 9. The first-order valence-electron chi connectivity index (χ1n) is 9.13. The number of hydrogen-bond acceptors (Lipinski definition) is 4. The predicted octanol–water partition coefficient (Wildman–Crippen LogP) is 5.78. The Hall–Kier alpha value is -2.64. The summed E-state index contributed by atoms with van der Waals surface area (Å²) in [6, 6.07) is 0.311. The maximum atomic E-state index is 11.5. The van der Waals surface area contributed by atoms with Crippen molar-refractivity contribution in [1.82, 2.24) is 10.6 Å². The zero-order valence-corrected chi connectivity index (χ0v) is 17.8. The van der Waals surface area contributed by atoms with Crippen LogP contribution in [0.1, 0.15) is 91.5 Å². The second kappa shape index (κ2) is 31.5. The van der Waals surface area contributed by atoms with E-state index < -0.39 is 17.9 Å². The minimum Gasteiger partial charge on any atom is -0.481 e. The smallest absolute Gasteiger partial charge is 0.327 e. The first-order chi connectivity index (χ1) is 12.8. The standard InChI is InChI=1S/C11H21NO3.C6H11NO.C3H4O2.5CH4/c1-5-9(11(14)15)6-8(4)10(13)12-7(2)3;1-4-6(8)7-5(2)3;1-2-3(4)5;;;;;/h7-9H,5-6H2,1-4H3,(H,12,13)(H,14,15);4-5H,1H2,2-3H3,(H,7,8);2H,1H2,(H,4,5);5*1H4. The van der Waals surface area contributed by atoms with Crippen LogP contribution in [0.2, 0.25) is 0 Å². The maximum absolute atomic E-state index is 11.5. The van der Waals surface area contributed by atoms with Crippen molar-refractivity contribution in [1.29, 1.82) is 0 Å². The van der Waals surface area contributed by atoms with E-state index in [-0.39, 0.29) is 66.9 Å². The Morgan fingerprint density at radius 3 is 1.33 bits per heavy atom. The highest BCUT2D eigenvalue weighted by atomic mass is 16.4. The Morgan fingerprint density at radius 1 is 0.788 bits per heavy atom. The molecule has 0 aliphatic heterocycles. The molecular weight excluding hydrogens is 424 g/mol. The van der Waals surface area contributed by atoms with Crippen LogP contribution in [0, 0.1) is 11.8 Å². The monoisotopic (exact) mass is 480 g/mol. The van der Waals surface area contributed by atoms with Crippen LogP contribution >= 0.6 is 0 Å². The lowest BCUT2D eigenvalue weighted by Gasteiger charge is -2.17. The number of nitrogens with one attached hydrogen (secondary N) is 2. The molecule has 0 aromatic carbocycles. The van der Waals surface area contributed by atoms with Crippen molar-refractivity contribution in [3.8, 4) is 0 Å². The number of carboxylic acids is 2. The molecule has 0 saturated carbocycles. The summed E-state index contributed by atoms with van der Waals surface area (Å²) >= 11 is 0. The molecule has 0 saturated heterocycles. The van der Waals surface area contributed by atoms with Crippen molar-refractivity contribution >= 4 is 23.8 Å². The number of amides is 2. The molecule has 2 atom stereocenters. The zero-order chi connectivity index (χ0) is 22.9. The molecule has 8 nitrogen and oxygen atoms in total. The molecule has 0 spiro atoms. The molecular formula is C25H56N2O6. The van der Waals surface area contributed by atoms with E-state index in [1.807, 2.05) is 34.6 Å². The van der Waals surface area contributed by atoms with E-state index in [1.54, 1.807) is 6.92 Å². The Labute approximate surface area is 204 Å². The van der Waals surface area contributed by atoms with Gasteiger partial charge in [-0.1, -0.05) is 64.1 Å². The van der Waals surface area contributed by atoms with Crippen LogP contribution in [0.4, 0.5) is 0 Å². The number of carboxylic acid groups (broad SMARTS) is 2. The molecule has 0 radical (unpaired) electrons. The summed E-state index contributed by atoms with van der Waals surface area (Å²) in [5, 5.41) is 21.9. The van der Waals surface area contributed by atoms with Crippen LogP contribution in [-0.2, 0) is 19.2 Å². The molecule has 0 heterocycles. The molecule has 0 rings (SSSR count). The molecule has 8 heteroatoms. The fourth-order valence-corrected chi connectivity index (χ4v) is 1.75. The van der Waals surface area contributed by atoms with Gasteiger partial charge in [0, 0.05) is 24.1 Å². The van der Waals surface area contributed by atoms with E-state index in [9.17, 15) is 19.2 Å². The van der Waals surface area contributed by atoms with Crippen molar-refractivity contribution in [3.05, 3.63) is 25.3 Å². The van der Waals surface area contributed by atoms with Crippen LogP contribution in [0.3, 0.4) is 0 Å². The molecule has 2 amide bonds. The fourth-order valence-electron chi connectivity index (χ4n) is 1.75. The van der Waals surface area contributed by atoms with Gasteiger partial charge in [-0.25, -0.2) is 4.79 Å². The van der Waals surface area contributed by atoms with Crippen molar-refractivity contribution in [3.63, 3.8) is 0 Å². The number of hydrogen-bond donors (Lipinski definition) is 4. The number of carbonyl (C=O) groups excluding carboxylic acids is 2. The molecule has 0 aromatic heterocycles. The average Bonchev–Trinajstić information content (AvgIpc) is 2.58. The van der Waals surface area contributed by atoms with E-state index in [1.165, 1.54) is 6.08 Å².